The van der Waals surface area contributed by atoms with Gasteiger partial charge in [0.2, 0.25) is 10.0 Å². The first kappa shape index (κ1) is 11.9. The molecular formula is C8H18N2O3S. The van der Waals surface area contributed by atoms with Crippen LogP contribution in [-0.4, -0.2) is 57.0 Å². The number of nitrogens with one attached hydrogen (secondary N) is 1. The molecule has 0 saturated heterocycles. The third kappa shape index (κ3) is 4.36. The highest BCUT2D eigenvalue weighted by Gasteiger charge is 2.25. The molecule has 0 aromatic heterocycles. The molecule has 0 aromatic carbocycles. The van der Waals surface area contributed by atoms with E-state index in [-0.39, 0.29) is 12.4 Å². The first-order valence-corrected chi connectivity index (χ1v) is 6.49. The number of hydrogen-bond donors (Lipinski definition) is 2. The van der Waals surface area contributed by atoms with Crippen molar-refractivity contribution >= 4 is 10.0 Å². The maximum absolute atomic E-state index is 11.1. The van der Waals surface area contributed by atoms with Crippen LogP contribution in [0.5, 0.6) is 0 Å². The molecule has 2 N–H and O–H groups in total. The Morgan fingerprint density at radius 3 is 2.64 bits per heavy atom. The standard InChI is InChI=1S/C8H18N2O3S/c1-10(8-2-3-8)5-4-9-14(12,13)7-6-11/h8-9,11H,2-7H2,1H3. The Morgan fingerprint density at radius 1 is 1.50 bits per heavy atom. The molecule has 14 heavy (non-hydrogen) atoms. The molecule has 1 saturated carbocycles. The normalized spacial score (nSPS) is 17.6. The first-order chi connectivity index (χ1) is 6.55. The van der Waals surface area contributed by atoms with Crippen molar-refractivity contribution in [1.29, 1.82) is 0 Å². The van der Waals surface area contributed by atoms with Gasteiger partial charge in [-0.1, -0.05) is 0 Å². The minimum atomic E-state index is -3.26. The van der Waals surface area contributed by atoms with E-state index in [1.54, 1.807) is 0 Å². The van der Waals surface area contributed by atoms with Crippen molar-refractivity contribution in [2.24, 2.45) is 0 Å². The molecule has 1 rings (SSSR count). The highest BCUT2D eigenvalue weighted by molar-refractivity contribution is 7.89. The van der Waals surface area contributed by atoms with Crippen LogP contribution in [0.4, 0.5) is 0 Å². The predicted octanol–water partition coefficient (Wildman–Crippen LogP) is -1.01. The van der Waals surface area contributed by atoms with Crippen LogP contribution in [0.2, 0.25) is 0 Å². The lowest BCUT2D eigenvalue weighted by Crippen LogP contribution is -2.35. The van der Waals surface area contributed by atoms with Crippen molar-refractivity contribution in [2.45, 2.75) is 18.9 Å². The molecule has 6 heteroatoms. The molecule has 0 aliphatic heterocycles. The van der Waals surface area contributed by atoms with Gasteiger partial charge in [-0.15, -0.1) is 0 Å². The topological polar surface area (TPSA) is 69.6 Å². The molecule has 5 nitrogen and oxygen atoms in total. The summed E-state index contributed by atoms with van der Waals surface area (Å²) in [6.45, 7) is 0.832. The van der Waals surface area contributed by atoms with Crippen LogP contribution in [-0.2, 0) is 10.0 Å². The zero-order chi connectivity index (χ0) is 10.6. The average Bonchev–Trinajstić information content (AvgIpc) is 2.85. The van der Waals surface area contributed by atoms with Gasteiger partial charge in [0.15, 0.2) is 0 Å². The van der Waals surface area contributed by atoms with Crippen molar-refractivity contribution in [3.63, 3.8) is 0 Å². The molecule has 0 radical (unpaired) electrons. The summed E-state index contributed by atoms with van der Waals surface area (Å²) in [5, 5.41) is 8.48. The van der Waals surface area contributed by atoms with E-state index in [0.717, 1.165) is 6.54 Å². The second kappa shape index (κ2) is 5.06. The van der Waals surface area contributed by atoms with Gasteiger partial charge in [0.25, 0.3) is 0 Å². The number of hydrogen-bond acceptors (Lipinski definition) is 4. The van der Waals surface area contributed by atoms with Crippen LogP contribution in [0, 0.1) is 0 Å². The summed E-state index contributed by atoms with van der Waals surface area (Å²) in [5.41, 5.74) is 0. The fourth-order valence-electron chi connectivity index (χ4n) is 1.27. The summed E-state index contributed by atoms with van der Waals surface area (Å²) in [7, 11) is -1.26. The van der Waals surface area contributed by atoms with E-state index in [2.05, 4.69) is 9.62 Å². The van der Waals surface area contributed by atoms with E-state index in [9.17, 15) is 8.42 Å². The molecule has 0 amide bonds. The van der Waals surface area contributed by atoms with Crippen molar-refractivity contribution in [1.82, 2.24) is 9.62 Å². The SMILES string of the molecule is CN(CCNS(=O)(=O)CCO)C1CC1. The molecule has 1 aliphatic carbocycles. The Labute approximate surface area is 85.2 Å². The summed E-state index contributed by atoms with van der Waals surface area (Å²) in [6, 6.07) is 0.650. The fraction of sp³-hybridized carbons (Fsp3) is 1.00. The third-order valence-corrected chi connectivity index (χ3v) is 3.68. The zero-order valence-electron chi connectivity index (χ0n) is 8.44. The van der Waals surface area contributed by atoms with E-state index in [1.165, 1.54) is 12.8 Å². The molecule has 0 atom stereocenters. The second-order valence-electron chi connectivity index (χ2n) is 3.65. The molecule has 1 fully saturated rings. The molecular weight excluding hydrogens is 204 g/mol. The predicted molar refractivity (Wildman–Crippen MR) is 54.5 cm³/mol. The number of sulfonamides is 1. The van der Waals surface area contributed by atoms with Gasteiger partial charge in [0, 0.05) is 19.1 Å². The maximum atomic E-state index is 11.1. The van der Waals surface area contributed by atoms with Gasteiger partial charge < -0.3 is 10.0 Å². The Kier molecular flexibility index (Phi) is 4.31. The number of aliphatic hydroxyl groups excluding tert-OH is 1. The second-order valence-corrected chi connectivity index (χ2v) is 5.58. The van der Waals surface area contributed by atoms with Crippen molar-refractivity contribution in [3.8, 4) is 0 Å². The highest BCUT2D eigenvalue weighted by Crippen LogP contribution is 2.24. The first-order valence-electron chi connectivity index (χ1n) is 4.83. The molecule has 0 spiro atoms. The number of nitrogens with zero attached hydrogens (tertiary/aromatic N) is 1. The summed E-state index contributed by atoms with van der Waals surface area (Å²) < 4.78 is 24.7. The van der Waals surface area contributed by atoms with Crippen LogP contribution >= 0.6 is 0 Å². The fourth-order valence-corrected chi connectivity index (χ4v) is 2.05. The number of rotatable bonds is 7. The molecule has 0 heterocycles. The number of likely N-dealkylation sites (N-methyl/N-ethyl adjacent to an activating group) is 1. The van der Waals surface area contributed by atoms with Gasteiger partial charge in [-0.25, -0.2) is 13.1 Å². The lowest BCUT2D eigenvalue weighted by Gasteiger charge is -2.15. The Bertz CT molecular complexity index is 262. The van der Waals surface area contributed by atoms with E-state index >= 15 is 0 Å². The van der Waals surface area contributed by atoms with Gasteiger partial charge >= 0.3 is 0 Å². The Hall–Kier alpha value is -0.170. The summed E-state index contributed by atoms with van der Waals surface area (Å²) in [6.07, 6.45) is 2.44. The monoisotopic (exact) mass is 222 g/mol. The van der Waals surface area contributed by atoms with Crippen LogP contribution in [0.3, 0.4) is 0 Å². The minimum absolute atomic E-state index is 0.208. The van der Waals surface area contributed by atoms with Gasteiger partial charge in [-0.05, 0) is 19.9 Å². The van der Waals surface area contributed by atoms with Crippen LogP contribution in [0.1, 0.15) is 12.8 Å². The van der Waals surface area contributed by atoms with E-state index < -0.39 is 10.0 Å². The Morgan fingerprint density at radius 2 is 2.14 bits per heavy atom. The van der Waals surface area contributed by atoms with Crippen molar-refractivity contribution < 1.29 is 13.5 Å². The summed E-state index contributed by atoms with van der Waals surface area (Å²) >= 11 is 0. The number of aliphatic hydroxyl groups is 1. The largest absolute Gasteiger partial charge is 0.395 e. The lowest BCUT2D eigenvalue weighted by atomic mass is 10.5. The van der Waals surface area contributed by atoms with Crippen molar-refractivity contribution in [2.75, 3.05) is 32.5 Å². The third-order valence-electron chi connectivity index (χ3n) is 2.32. The van der Waals surface area contributed by atoms with Crippen LogP contribution in [0.15, 0.2) is 0 Å². The van der Waals surface area contributed by atoms with Gasteiger partial charge in [-0.3, -0.25) is 0 Å². The maximum Gasteiger partial charge on any atom is 0.213 e. The highest BCUT2D eigenvalue weighted by atomic mass is 32.2. The lowest BCUT2D eigenvalue weighted by molar-refractivity contribution is 0.317. The molecule has 1 aliphatic rings. The van der Waals surface area contributed by atoms with E-state index in [4.69, 9.17) is 5.11 Å². The quantitative estimate of drug-likeness (QED) is 0.579. The molecule has 0 bridgehead atoms. The van der Waals surface area contributed by atoms with Crippen LogP contribution < -0.4 is 4.72 Å². The minimum Gasteiger partial charge on any atom is -0.395 e. The van der Waals surface area contributed by atoms with Gasteiger partial charge in [-0.2, -0.15) is 0 Å². The van der Waals surface area contributed by atoms with E-state index in [1.807, 2.05) is 7.05 Å². The van der Waals surface area contributed by atoms with Crippen molar-refractivity contribution in [3.05, 3.63) is 0 Å². The van der Waals surface area contributed by atoms with Gasteiger partial charge in [0.1, 0.15) is 0 Å². The smallest absolute Gasteiger partial charge is 0.213 e. The summed E-state index contributed by atoms with van der Waals surface area (Å²) in [5.74, 6) is -0.208. The molecule has 84 valence electrons. The van der Waals surface area contributed by atoms with Gasteiger partial charge in [0.05, 0.1) is 12.4 Å². The zero-order valence-corrected chi connectivity index (χ0v) is 9.26. The molecule has 0 unspecified atom stereocenters. The average molecular weight is 222 g/mol. The summed E-state index contributed by atoms with van der Waals surface area (Å²) in [4.78, 5) is 2.15. The van der Waals surface area contributed by atoms with Crippen LogP contribution in [0.25, 0.3) is 0 Å². The Balaban J connectivity index is 2.13. The van der Waals surface area contributed by atoms with E-state index in [0.29, 0.717) is 12.6 Å². The molecule has 0 aromatic rings.